The minimum absolute atomic E-state index is 0.0498. The van der Waals surface area contributed by atoms with Crippen LogP contribution in [-0.4, -0.2) is 17.3 Å². The van der Waals surface area contributed by atoms with Crippen LogP contribution in [0.1, 0.15) is 72.6 Å². The fourth-order valence-corrected chi connectivity index (χ4v) is 2.05. The van der Waals surface area contributed by atoms with Crippen LogP contribution in [0.4, 0.5) is 0 Å². The molecular formula is C18H24O3. The average molecular weight is 288 g/mol. The number of Topliss-reactive ketones (excluding diaryl/α,β-unsaturated/α-hetero) is 3. The highest BCUT2D eigenvalue weighted by molar-refractivity contribution is 6.07. The summed E-state index contributed by atoms with van der Waals surface area (Å²) in [6, 6.07) is 4.84. The van der Waals surface area contributed by atoms with E-state index < -0.39 is 0 Å². The molecule has 0 saturated carbocycles. The van der Waals surface area contributed by atoms with E-state index in [1.54, 1.807) is 18.2 Å². The van der Waals surface area contributed by atoms with Gasteiger partial charge >= 0.3 is 0 Å². The quantitative estimate of drug-likeness (QED) is 0.737. The van der Waals surface area contributed by atoms with Crippen molar-refractivity contribution in [2.75, 3.05) is 0 Å². The average Bonchev–Trinajstić information content (AvgIpc) is 2.43. The van der Waals surface area contributed by atoms with E-state index in [9.17, 15) is 14.4 Å². The Morgan fingerprint density at radius 2 is 0.762 bits per heavy atom. The molecular weight excluding hydrogens is 264 g/mol. The number of rotatable bonds is 6. The van der Waals surface area contributed by atoms with E-state index in [4.69, 9.17) is 0 Å². The molecule has 0 N–H and O–H groups in total. The monoisotopic (exact) mass is 288 g/mol. The molecule has 0 aliphatic heterocycles. The van der Waals surface area contributed by atoms with Crippen molar-refractivity contribution in [1.29, 1.82) is 0 Å². The van der Waals surface area contributed by atoms with E-state index in [0.717, 1.165) is 0 Å². The number of hydrogen-bond donors (Lipinski definition) is 0. The molecule has 3 nitrogen and oxygen atoms in total. The summed E-state index contributed by atoms with van der Waals surface area (Å²) < 4.78 is 0. The van der Waals surface area contributed by atoms with Crippen LogP contribution in [0, 0.1) is 17.8 Å². The molecule has 1 aromatic carbocycles. The Morgan fingerprint density at radius 1 is 0.571 bits per heavy atom. The zero-order valence-electron chi connectivity index (χ0n) is 13.7. The molecule has 0 radical (unpaired) electrons. The van der Waals surface area contributed by atoms with Gasteiger partial charge in [-0.15, -0.1) is 0 Å². The molecule has 21 heavy (non-hydrogen) atoms. The molecule has 1 aromatic rings. The third-order valence-corrected chi connectivity index (χ3v) is 3.36. The fraction of sp³-hybridized carbons (Fsp3) is 0.500. The lowest BCUT2D eigenvalue weighted by Crippen LogP contribution is -2.15. The van der Waals surface area contributed by atoms with Gasteiger partial charge in [-0.3, -0.25) is 14.4 Å². The lowest BCUT2D eigenvalue weighted by atomic mass is 9.90. The van der Waals surface area contributed by atoms with Crippen LogP contribution in [0.3, 0.4) is 0 Å². The molecule has 1 rings (SSSR count). The fourth-order valence-electron chi connectivity index (χ4n) is 2.05. The smallest absolute Gasteiger partial charge is 0.165 e. The van der Waals surface area contributed by atoms with Gasteiger partial charge in [-0.2, -0.15) is 0 Å². The van der Waals surface area contributed by atoms with Crippen molar-refractivity contribution in [2.24, 2.45) is 17.8 Å². The summed E-state index contributed by atoms with van der Waals surface area (Å²) in [6.07, 6.45) is 0. The molecule has 0 fully saturated rings. The van der Waals surface area contributed by atoms with E-state index >= 15 is 0 Å². The topological polar surface area (TPSA) is 51.2 Å². The minimum Gasteiger partial charge on any atom is -0.294 e. The standard InChI is InChI=1S/C18H24O3/c1-10(2)16(19)13-7-14(17(20)11(3)4)9-15(8-13)18(21)12(5)6/h7-12H,1-6H3. The van der Waals surface area contributed by atoms with E-state index in [0.29, 0.717) is 16.7 Å². The van der Waals surface area contributed by atoms with Gasteiger partial charge in [0.25, 0.3) is 0 Å². The highest BCUT2D eigenvalue weighted by atomic mass is 16.1. The maximum Gasteiger partial charge on any atom is 0.165 e. The van der Waals surface area contributed by atoms with Gasteiger partial charge < -0.3 is 0 Å². The Bertz CT molecular complexity index is 473. The van der Waals surface area contributed by atoms with Gasteiger partial charge in [0.15, 0.2) is 17.3 Å². The zero-order chi connectivity index (χ0) is 16.3. The Kier molecular flexibility index (Phi) is 5.59. The van der Waals surface area contributed by atoms with Crippen LogP contribution in [-0.2, 0) is 0 Å². The molecule has 0 aliphatic carbocycles. The van der Waals surface area contributed by atoms with Crippen molar-refractivity contribution in [3.63, 3.8) is 0 Å². The first-order chi connectivity index (χ1) is 9.65. The molecule has 0 aliphatic rings. The second-order valence-corrected chi connectivity index (χ2v) is 6.36. The van der Waals surface area contributed by atoms with Crippen LogP contribution < -0.4 is 0 Å². The minimum atomic E-state index is -0.170. The molecule has 0 aromatic heterocycles. The molecule has 0 amide bonds. The van der Waals surface area contributed by atoms with Crippen LogP contribution in [0.5, 0.6) is 0 Å². The van der Waals surface area contributed by atoms with Crippen molar-refractivity contribution in [3.8, 4) is 0 Å². The molecule has 3 heteroatoms. The first-order valence-corrected chi connectivity index (χ1v) is 7.42. The van der Waals surface area contributed by atoms with Crippen LogP contribution >= 0.6 is 0 Å². The van der Waals surface area contributed by atoms with E-state index in [1.165, 1.54) is 0 Å². The summed E-state index contributed by atoms with van der Waals surface area (Å²) in [5, 5.41) is 0. The highest BCUT2D eigenvalue weighted by Crippen LogP contribution is 2.19. The molecule has 0 spiro atoms. The van der Waals surface area contributed by atoms with Crippen LogP contribution in [0.2, 0.25) is 0 Å². The van der Waals surface area contributed by atoms with Gasteiger partial charge in [0.2, 0.25) is 0 Å². The van der Waals surface area contributed by atoms with Gasteiger partial charge in [-0.1, -0.05) is 41.5 Å². The van der Waals surface area contributed by atoms with Crippen molar-refractivity contribution in [3.05, 3.63) is 34.9 Å². The summed E-state index contributed by atoms with van der Waals surface area (Å²) in [7, 11) is 0. The van der Waals surface area contributed by atoms with Crippen LogP contribution in [0.25, 0.3) is 0 Å². The summed E-state index contributed by atoms with van der Waals surface area (Å²) in [6.45, 7) is 10.9. The lowest BCUT2D eigenvalue weighted by Gasteiger charge is -2.12. The second kappa shape index (κ2) is 6.79. The van der Waals surface area contributed by atoms with E-state index in [2.05, 4.69) is 0 Å². The van der Waals surface area contributed by atoms with Crippen molar-refractivity contribution >= 4 is 17.3 Å². The van der Waals surface area contributed by atoms with Crippen LogP contribution in [0.15, 0.2) is 18.2 Å². The Balaban J connectivity index is 3.43. The van der Waals surface area contributed by atoms with E-state index in [1.807, 2.05) is 41.5 Å². The summed E-state index contributed by atoms with van der Waals surface area (Å²) in [5.74, 6) is -0.659. The van der Waals surface area contributed by atoms with Gasteiger partial charge in [0.1, 0.15) is 0 Å². The predicted octanol–water partition coefficient (Wildman–Crippen LogP) is 4.20. The summed E-state index contributed by atoms with van der Waals surface area (Å²) in [4.78, 5) is 36.6. The second-order valence-electron chi connectivity index (χ2n) is 6.36. The number of carbonyl (C=O) groups is 3. The largest absolute Gasteiger partial charge is 0.294 e. The Hall–Kier alpha value is -1.77. The first kappa shape index (κ1) is 17.3. The molecule has 114 valence electrons. The predicted molar refractivity (Wildman–Crippen MR) is 83.9 cm³/mol. The molecule has 0 unspecified atom stereocenters. The Labute approximate surface area is 126 Å². The van der Waals surface area contributed by atoms with Gasteiger partial charge in [0.05, 0.1) is 0 Å². The Morgan fingerprint density at radius 3 is 0.905 bits per heavy atom. The zero-order valence-corrected chi connectivity index (χ0v) is 13.7. The molecule has 0 saturated heterocycles. The molecule has 0 bridgehead atoms. The summed E-state index contributed by atoms with van der Waals surface area (Å²) >= 11 is 0. The molecule has 0 heterocycles. The normalized spacial score (nSPS) is 11.3. The third kappa shape index (κ3) is 4.10. The number of ketones is 3. The maximum absolute atomic E-state index is 12.2. The molecule has 0 atom stereocenters. The maximum atomic E-state index is 12.2. The van der Waals surface area contributed by atoms with Crippen molar-refractivity contribution < 1.29 is 14.4 Å². The van der Waals surface area contributed by atoms with Gasteiger partial charge in [-0.25, -0.2) is 0 Å². The SMILES string of the molecule is CC(C)C(=O)c1cc(C(=O)C(C)C)cc(C(=O)C(C)C)c1. The van der Waals surface area contributed by atoms with E-state index in [-0.39, 0.29) is 35.1 Å². The lowest BCUT2D eigenvalue weighted by molar-refractivity contribution is 0.0938. The third-order valence-electron chi connectivity index (χ3n) is 3.36. The van der Waals surface area contributed by atoms with Crippen molar-refractivity contribution in [2.45, 2.75) is 41.5 Å². The summed E-state index contributed by atoms with van der Waals surface area (Å²) in [5.41, 5.74) is 1.33. The van der Waals surface area contributed by atoms with Crippen molar-refractivity contribution in [1.82, 2.24) is 0 Å². The number of benzene rings is 1. The van der Waals surface area contributed by atoms with Gasteiger partial charge in [-0.05, 0) is 18.2 Å². The highest BCUT2D eigenvalue weighted by Gasteiger charge is 2.20. The first-order valence-electron chi connectivity index (χ1n) is 7.42. The van der Waals surface area contributed by atoms with Gasteiger partial charge in [0, 0.05) is 34.4 Å². The number of hydrogen-bond acceptors (Lipinski definition) is 3. The number of carbonyl (C=O) groups excluding carboxylic acids is 3.